The molecule has 1 N–H and O–H groups in total. The third kappa shape index (κ3) is 3.99. The van der Waals surface area contributed by atoms with Crippen molar-refractivity contribution in [3.8, 4) is 0 Å². The molecule has 0 spiro atoms. The number of furan rings is 1. The van der Waals surface area contributed by atoms with Gasteiger partial charge in [0.15, 0.2) is 0 Å². The maximum absolute atomic E-state index is 12.8. The average Bonchev–Trinajstić information content (AvgIpc) is 3.15. The monoisotopic (exact) mass is 376 g/mol. The first-order valence-electron chi connectivity index (χ1n) is 8.75. The molecule has 6 nitrogen and oxygen atoms in total. The molecule has 1 aromatic heterocycles. The van der Waals surface area contributed by atoms with Crippen LogP contribution >= 0.6 is 0 Å². The molecule has 0 atom stereocenters. The lowest BCUT2D eigenvalue weighted by Crippen LogP contribution is -2.42. The Morgan fingerprint density at radius 1 is 1.19 bits per heavy atom. The van der Waals surface area contributed by atoms with Gasteiger partial charge < -0.3 is 9.73 Å². The first-order valence-corrected chi connectivity index (χ1v) is 10.2. The Morgan fingerprint density at radius 3 is 2.54 bits per heavy atom. The molecule has 1 aliphatic rings. The van der Waals surface area contributed by atoms with Crippen LogP contribution in [0.3, 0.4) is 0 Å². The van der Waals surface area contributed by atoms with Crippen LogP contribution in [-0.2, 0) is 21.4 Å². The number of hydrogen-bond acceptors (Lipinski definition) is 4. The highest BCUT2D eigenvalue weighted by molar-refractivity contribution is 7.89. The summed E-state index contributed by atoms with van der Waals surface area (Å²) in [7, 11) is -3.51. The van der Waals surface area contributed by atoms with Crippen LogP contribution in [0.25, 0.3) is 0 Å². The normalized spacial score (nSPS) is 16.5. The number of benzene rings is 1. The van der Waals surface area contributed by atoms with Gasteiger partial charge in [-0.1, -0.05) is 6.07 Å². The van der Waals surface area contributed by atoms with Crippen LogP contribution in [-0.4, -0.2) is 31.7 Å². The van der Waals surface area contributed by atoms with Crippen molar-refractivity contribution in [3.63, 3.8) is 0 Å². The molecule has 0 aliphatic carbocycles. The molecule has 0 unspecified atom stereocenters. The van der Waals surface area contributed by atoms with E-state index in [0.717, 1.165) is 11.1 Å². The first-order chi connectivity index (χ1) is 12.4. The summed E-state index contributed by atoms with van der Waals surface area (Å²) in [6, 6.07) is 8.78. The van der Waals surface area contributed by atoms with Gasteiger partial charge in [-0.25, -0.2) is 8.42 Å². The lowest BCUT2D eigenvalue weighted by atomic mass is 9.97. The number of aryl methyl sites for hydroxylation is 2. The predicted octanol–water partition coefficient (Wildman–Crippen LogP) is 2.61. The number of carbonyl (C=O) groups excluding carboxylic acids is 1. The number of nitrogens with zero attached hydrogens (tertiary/aromatic N) is 1. The van der Waals surface area contributed by atoms with E-state index in [2.05, 4.69) is 5.32 Å². The summed E-state index contributed by atoms with van der Waals surface area (Å²) in [5, 5.41) is 2.85. The molecule has 1 fully saturated rings. The van der Waals surface area contributed by atoms with Gasteiger partial charge in [-0.3, -0.25) is 4.79 Å². The Labute approximate surface area is 154 Å². The number of sulfonamides is 1. The summed E-state index contributed by atoms with van der Waals surface area (Å²) in [5.41, 5.74) is 2.02. The molecule has 1 amide bonds. The maximum Gasteiger partial charge on any atom is 0.243 e. The van der Waals surface area contributed by atoms with Gasteiger partial charge in [0, 0.05) is 19.0 Å². The summed E-state index contributed by atoms with van der Waals surface area (Å²) in [5.74, 6) is 0.480. The maximum atomic E-state index is 12.8. The van der Waals surface area contributed by atoms with E-state index >= 15 is 0 Å². The number of hydrogen-bond donors (Lipinski definition) is 1. The zero-order chi connectivity index (χ0) is 18.7. The van der Waals surface area contributed by atoms with Crippen LogP contribution in [0.5, 0.6) is 0 Å². The van der Waals surface area contributed by atoms with E-state index < -0.39 is 10.0 Å². The highest BCUT2D eigenvalue weighted by atomic mass is 32.2. The smallest absolute Gasteiger partial charge is 0.243 e. The Kier molecular flexibility index (Phi) is 5.48. The molecule has 1 saturated heterocycles. The van der Waals surface area contributed by atoms with Crippen LogP contribution in [0.4, 0.5) is 0 Å². The molecule has 26 heavy (non-hydrogen) atoms. The number of nitrogens with one attached hydrogen (secondary N) is 1. The van der Waals surface area contributed by atoms with Gasteiger partial charge in [-0.2, -0.15) is 4.31 Å². The summed E-state index contributed by atoms with van der Waals surface area (Å²) in [6.45, 7) is 4.93. The number of amides is 1. The molecule has 3 rings (SSSR count). The molecule has 1 aromatic carbocycles. The second kappa shape index (κ2) is 7.63. The van der Waals surface area contributed by atoms with Crippen molar-refractivity contribution >= 4 is 15.9 Å². The Morgan fingerprint density at radius 2 is 1.92 bits per heavy atom. The molecule has 2 aromatic rings. The minimum Gasteiger partial charge on any atom is -0.467 e. The largest absolute Gasteiger partial charge is 0.467 e. The fourth-order valence-electron chi connectivity index (χ4n) is 3.11. The molecule has 2 heterocycles. The van der Waals surface area contributed by atoms with Gasteiger partial charge in [0.1, 0.15) is 5.76 Å². The summed E-state index contributed by atoms with van der Waals surface area (Å²) < 4.78 is 32.3. The van der Waals surface area contributed by atoms with E-state index in [-0.39, 0.29) is 11.8 Å². The third-order valence-electron chi connectivity index (χ3n) is 4.96. The van der Waals surface area contributed by atoms with Crippen molar-refractivity contribution in [3.05, 3.63) is 53.5 Å². The quantitative estimate of drug-likeness (QED) is 0.870. The third-order valence-corrected chi connectivity index (χ3v) is 6.85. The van der Waals surface area contributed by atoms with Crippen molar-refractivity contribution in [2.24, 2.45) is 5.92 Å². The van der Waals surface area contributed by atoms with Crippen LogP contribution < -0.4 is 5.32 Å². The van der Waals surface area contributed by atoms with Crippen molar-refractivity contribution in [1.29, 1.82) is 0 Å². The Hall–Kier alpha value is -2.12. The van der Waals surface area contributed by atoms with Crippen molar-refractivity contribution in [1.82, 2.24) is 9.62 Å². The zero-order valence-electron chi connectivity index (χ0n) is 15.1. The molecular formula is C19H24N2O4S. The van der Waals surface area contributed by atoms with Crippen LogP contribution in [0.1, 0.15) is 29.7 Å². The van der Waals surface area contributed by atoms with Gasteiger partial charge in [0.25, 0.3) is 0 Å². The molecular weight excluding hydrogens is 352 g/mol. The van der Waals surface area contributed by atoms with E-state index in [4.69, 9.17) is 4.42 Å². The van der Waals surface area contributed by atoms with Gasteiger partial charge >= 0.3 is 0 Å². The minimum atomic E-state index is -3.51. The van der Waals surface area contributed by atoms with E-state index in [0.29, 0.717) is 43.1 Å². The molecule has 0 bridgehead atoms. The summed E-state index contributed by atoms with van der Waals surface area (Å²) >= 11 is 0. The Balaban J connectivity index is 1.58. The minimum absolute atomic E-state index is 0.0513. The van der Waals surface area contributed by atoms with Crippen molar-refractivity contribution in [2.45, 2.75) is 38.1 Å². The van der Waals surface area contributed by atoms with Gasteiger partial charge in [-0.05, 0) is 62.1 Å². The van der Waals surface area contributed by atoms with E-state index in [9.17, 15) is 13.2 Å². The molecule has 0 saturated carbocycles. The Bertz CT molecular complexity index is 867. The SMILES string of the molecule is Cc1ccc(S(=O)(=O)N2CCC(C(=O)NCc3ccco3)CC2)cc1C. The zero-order valence-corrected chi connectivity index (χ0v) is 15.9. The summed E-state index contributed by atoms with van der Waals surface area (Å²) in [4.78, 5) is 12.6. The molecule has 1 aliphatic heterocycles. The highest BCUT2D eigenvalue weighted by Gasteiger charge is 2.32. The predicted molar refractivity (Wildman–Crippen MR) is 98.0 cm³/mol. The second-order valence-electron chi connectivity index (χ2n) is 6.72. The second-order valence-corrected chi connectivity index (χ2v) is 8.66. The topological polar surface area (TPSA) is 79.6 Å². The van der Waals surface area contributed by atoms with Crippen LogP contribution in [0.2, 0.25) is 0 Å². The molecule has 7 heteroatoms. The highest BCUT2D eigenvalue weighted by Crippen LogP contribution is 2.25. The van der Waals surface area contributed by atoms with Crippen molar-refractivity contribution < 1.29 is 17.6 Å². The molecule has 140 valence electrons. The van der Waals surface area contributed by atoms with E-state index in [1.807, 2.05) is 19.9 Å². The first kappa shape index (κ1) is 18.7. The lowest BCUT2D eigenvalue weighted by molar-refractivity contribution is -0.126. The number of piperidine rings is 1. The van der Waals surface area contributed by atoms with E-state index in [1.165, 1.54) is 4.31 Å². The van der Waals surface area contributed by atoms with E-state index in [1.54, 1.807) is 30.5 Å². The standard InChI is InChI=1S/C19H24N2O4S/c1-14-5-6-18(12-15(14)2)26(23,24)21-9-7-16(8-10-21)19(22)20-13-17-4-3-11-25-17/h3-6,11-12,16H,7-10,13H2,1-2H3,(H,20,22). The van der Waals surface area contributed by atoms with Gasteiger partial charge in [-0.15, -0.1) is 0 Å². The van der Waals surface area contributed by atoms with Crippen LogP contribution in [0, 0.1) is 19.8 Å². The number of rotatable bonds is 5. The average molecular weight is 376 g/mol. The molecule has 0 radical (unpaired) electrons. The van der Waals surface area contributed by atoms with Gasteiger partial charge in [0.2, 0.25) is 15.9 Å². The summed E-state index contributed by atoms with van der Waals surface area (Å²) in [6.07, 6.45) is 2.61. The fourth-order valence-corrected chi connectivity index (χ4v) is 4.67. The van der Waals surface area contributed by atoms with Crippen molar-refractivity contribution in [2.75, 3.05) is 13.1 Å². The number of carbonyl (C=O) groups is 1. The van der Waals surface area contributed by atoms with Gasteiger partial charge in [0.05, 0.1) is 17.7 Å². The fraction of sp³-hybridized carbons (Fsp3) is 0.421. The lowest BCUT2D eigenvalue weighted by Gasteiger charge is -2.30. The van der Waals surface area contributed by atoms with Crippen LogP contribution in [0.15, 0.2) is 45.9 Å².